The van der Waals surface area contributed by atoms with Gasteiger partial charge in [-0.25, -0.2) is 4.79 Å². The normalized spacial score (nSPS) is 25.7. The number of likely N-dealkylation sites (N-methyl/N-ethyl adjacent to an activating group) is 1. The van der Waals surface area contributed by atoms with Gasteiger partial charge in [-0.05, 0) is 19.4 Å². The molecule has 3 atom stereocenters. The molecule has 0 saturated carbocycles. The zero-order valence-electron chi connectivity index (χ0n) is 11.6. The molecule has 1 saturated heterocycles. The van der Waals surface area contributed by atoms with E-state index in [0.29, 0.717) is 6.42 Å². The number of carbonyl (C=O) groups excluding carboxylic acids is 1. The fourth-order valence-corrected chi connectivity index (χ4v) is 1.97. The summed E-state index contributed by atoms with van der Waals surface area (Å²) in [6.07, 6.45) is -4.66. The number of nitrogens with zero attached hydrogens (tertiary/aromatic N) is 1. The lowest BCUT2D eigenvalue weighted by atomic mass is 10.1. The van der Waals surface area contributed by atoms with Crippen LogP contribution in [0.15, 0.2) is 0 Å². The molecule has 21 heavy (non-hydrogen) atoms. The van der Waals surface area contributed by atoms with Gasteiger partial charge in [-0.2, -0.15) is 13.2 Å². The van der Waals surface area contributed by atoms with Crippen molar-refractivity contribution >= 4 is 17.8 Å². The molecule has 0 aromatic rings. The number of rotatable bonds is 2. The van der Waals surface area contributed by atoms with E-state index in [-0.39, 0.29) is 18.0 Å². The second kappa shape index (κ2) is 7.25. The highest BCUT2D eigenvalue weighted by Gasteiger charge is 2.40. The van der Waals surface area contributed by atoms with Crippen molar-refractivity contribution < 1.29 is 37.8 Å². The average Bonchev–Trinajstić information content (AvgIpc) is 2.56. The van der Waals surface area contributed by atoms with Crippen LogP contribution >= 0.6 is 0 Å². The molecule has 1 aliphatic heterocycles. The third-order valence-electron chi connectivity index (χ3n) is 2.94. The number of halogens is 3. The molecule has 1 heterocycles. The number of hydrogen-bond donors (Lipinski definition) is 3. The molecule has 0 aromatic carbocycles. The molecular formula is C11H17F3N2O5. The number of nitrogens with one attached hydrogen (secondary N) is 1. The van der Waals surface area contributed by atoms with E-state index in [0.717, 1.165) is 0 Å². The Kier molecular flexibility index (Phi) is 6.61. The first kappa shape index (κ1) is 19.2. The van der Waals surface area contributed by atoms with Gasteiger partial charge in [0.05, 0.1) is 6.17 Å². The third-order valence-corrected chi connectivity index (χ3v) is 2.94. The molecule has 0 radical (unpaired) electrons. The van der Waals surface area contributed by atoms with E-state index in [9.17, 15) is 22.8 Å². The third kappa shape index (κ3) is 5.98. The van der Waals surface area contributed by atoms with Crippen LogP contribution in [-0.4, -0.2) is 58.4 Å². The van der Waals surface area contributed by atoms with Crippen molar-refractivity contribution in [3.8, 4) is 0 Å². The summed E-state index contributed by atoms with van der Waals surface area (Å²) in [6, 6.07) is -0.484. The number of carbonyl (C=O) groups is 3. The van der Waals surface area contributed by atoms with Crippen molar-refractivity contribution in [3.05, 3.63) is 0 Å². The van der Waals surface area contributed by atoms with E-state index >= 15 is 0 Å². The van der Waals surface area contributed by atoms with Crippen LogP contribution < -0.4 is 5.32 Å². The Balaban J connectivity index is 0.000000486. The molecule has 0 aliphatic carbocycles. The van der Waals surface area contributed by atoms with Crippen LogP contribution in [0.3, 0.4) is 0 Å². The first-order valence-corrected chi connectivity index (χ1v) is 5.89. The number of alkyl halides is 3. The van der Waals surface area contributed by atoms with Crippen molar-refractivity contribution in [1.82, 2.24) is 10.2 Å². The summed E-state index contributed by atoms with van der Waals surface area (Å²) in [5.74, 6) is -3.54. The maximum absolute atomic E-state index is 10.9. The Morgan fingerprint density at radius 1 is 1.24 bits per heavy atom. The Morgan fingerprint density at radius 3 is 1.90 bits per heavy atom. The van der Waals surface area contributed by atoms with Crippen LogP contribution in [0.25, 0.3) is 0 Å². The van der Waals surface area contributed by atoms with Crippen LogP contribution in [-0.2, 0) is 14.4 Å². The van der Waals surface area contributed by atoms with Crippen LogP contribution in [0.2, 0.25) is 0 Å². The Bertz CT molecular complexity index is 413. The van der Waals surface area contributed by atoms with Gasteiger partial charge in [0, 0.05) is 6.92 Å². The van der Waals surface area contributed by atoms with Gasteiger partial charge >= 0.3 is 18.1 Å². The minimum atomic E-state index is -5.08. The van der Waals surface area contributed by atoms with E-state index in [1.165, 1.54) is 6.92 Å². The molecule has 122 valence electrons. The summed E-state index contributed by atoms with van der Waals surface area (Å²) in [7, 11) is 1.73. The largest absolute Gasteiger partial charge is 0.490 e. The van der Waals surface area contributed by atoms with Gasteiger partial charge in [-0.3, -0.25) is 14.5 Å². The maximum atomic E-state index is 10.9. The first-order valence-electron chi connectivity index (χ1n) is 5.89. The number of likely N-dealkylation sites (tertiary alicyclic amines) is 1. The Labute approximate surface area is 118 Å². The highest BCUT2D eigenvalue weighted by atomic mass is 19.4. The van der Waals surface area contributed by atoms with Crippen molar-refractivity contribution in [2.45, 2.75) is 38.7 Å². The summed E-state index contributed by atoms with van der Waals surface area (Å²) in [6.45, 7) is 3.38. The summed E-state index contributed by atoms with van der Waals surface area (Å²) < 4.78 is 31.7. The molecule has 0 spiro atoms. The van der Waals surface area contributed by atoms with Gasteiger partial charge in [0.25, 0.3) is 0 Å². The SMILES string of the molecule is CC(=O)N[C@H]1[C@@H](C)C[C@H](C(=O)O)N1C.O=C(O)C(F)(F)F. The standard InChI is InChI=1S/C9H16N2O3.C2HF3O2/c1-5-4-7(9(13)14)11(3)8(5)10-6(2)12;3-2(4,5)1(6)7/h5,7-8H,4H2,1-3H3,(H,10,12)(H,13,14);(H,6,7)/t5-,7+,8+;/m0./s1. The minimum absolute atomic E-state index is 0.125. The molecular weight excluding hydrogens is 297 g/mol. The molecule has 0 aromatic heterocycles. The van der Waals surface area contributed by atoms with E-state index in [1.54, 1.807) is 11.9 Å². The molecule has 1 amide bonds. The van der Waals surface area contributed by atoms with Crippen molar-refractivity contribution in [2.75, 3.05) is 7.05 Å². The highest BCUT2D eigenvalue weighted by Crippen LogP contribution is 2.26. The lowest BCUT2D eigenvalue weighted by molar-refractivity contribution is -0.192. The molecule has 7 nitrogen and oxygen atoms in total. The molecule has 1 aliphatic rings. The van der Waals surface area contributed by atoms with Gasteiger partial charge < -0.3 is 15.5 Å². The van der Waals surface area contributed by atoms with Crippen molar-refractivity contribution in [1.29, 1.82) is 0 Å². The maximum Gasteiger partial charge on any atom is 0.490 e. The zero-order valence-corrected chi connectivity index (χ0v) is 11.6. The van der Waals surface area contributed by atoms with Gasteiger partial charge in [0.1, 0.15) is 6.04 Å². The molecule has 3 N–H and O–H groups in total. The van der Waals surface area contributed by atoms with Gasteiger partial charge in [0.15, 0.2) is 0 Å². The van der Waals surface area contributed by atoms with Gasteiger partial charge in [-0.15, -0.1) is 0 Å². The zero-order chi connectivity index (χ0) is 17.0. The summed E-state index contributed by atoms with van der Waals surface area (Å²) >= 11 is 0. The average molecular weight is 314 g/mol. The fourth-order valence-electron chi connectivity index (χ4n) is 1.97. The molecule has 0 unspecified atom stereocenters. The number of carboxylic acids is 2. The number of carboxylic acid groups (broad SMARTS) is 2. The lowest BCUT2D eigenvalue weighted by Gasteiger charge is -2.25. The van der Waals surface area contributed by atoms with Gasteiger partial charge in [0.2, 0.25) is 5.91 Å². The quantitative estimate of drug-likeness (QED) is 0.685. The van der Waals surface area contributed by atoms with Crippen molar-refractivity contribution in [3.63, 3.8) is 0 Å². The van der Waals surface area contributed by atoms with Crippen LogP contribution in [0.5, 0.6) is 0 Å². The summed E-state index contributed by atoms with van der Waals surface area (Å²) in [4.78, 5) is 32.3. The number of hydrogen-bond acceptors (Lipinski definition) is 4. The summed E-state index contributed by atoms with van der Waals surface area (Å²) in [5.41, 5.74) is 0. The Hall–Kier alpha value is -1.84. The minimum Gasteiger partial charge on any atom is -0.480 e. The predicted molar refractivity (Wildman–Crippen MR) is 64.3 cm³/mol. The second-order valence-corrected chi connectivity index (χ2v) is 4.68. The smallest absolute Gasteiger partial charge is 0.480 e. The van der Waals surface area contributed by atoms with Crippen molar-refractivity contribution in [2.24, 2.45) is 5.92 Å². The monoisotopic (exact) mass is 314 g/mol. The van der Waals surface area contributed by atoms with Crippen LogP contribution in [0, 0.1) is 5.92 Å². The number of amides is 1. The first-order chi connectivity index (χ1) is 9.37. The molecule has 1 fully saturated rings. The Morgan fingerprint density at radius 2 is 1.67 bits per heavy atom. The molecule has 10 heteroatoms. The molecule has 1 rings (SSSR count). The predicted octanol–water partition coefficient (Wildman–Crippen LogP) is 0.507. The topological polar surface area (TPSA) is 107 Å². The number of aliphatic carboxylic acids is 2. The van der Waals surface area contributed by atoms with Crippen LogP contribution in [0.4, 0.5) is 13.2 Å². The van der Waals surface area contributed by atoms with E-state index < -0.39 is 24.2 Å². The molecule has 0 bridgehead atoms. The van der Waals surface area contributed by atoms with E-state index in [2.05, 4.69) is 5.32 Å². The highest BCUT2D eigenvalue weighted by molar-refractivity contribution is 5.75. The second-order valence-electron chi connectivity index (χ2n) is 4.68. The lowest BCUT2D eigenvalue weighted by Crippen LogP contribution is -2.47. The van der Waals surface area contributed by atoms with E-state index in [1.807, 2.05) is 6.92 Å². The van der Waals surface area contributed by atoms with Crippen LogP contribution in [0.1, 0.15) is 20.3 Å². The summed E-state index contributed by atoms with van der Waals surface area (Å²) in [5, 5.41) is 18.8. The van der Waals surface area contributed by atoms with Gasteiger partial charge in [-0.1, -0.05) is 6.92 Å². The fraction of sp³-hybridized carbons (Fsp3) is 0.727. The van der Waals surface area contributed by atoms with E-state index in [4.69, 9.17) is 15.0 Å².